The molecular weight excluding hydrogens is 321 g/mol. The van der Waals surface area contributed by atoms with E-state index in [2.05, 4.69) is 15.3 Å². The maximum Gasteiger partial charge on any atom is 0.135 e. The normalized spacial score (nSPS) is 17.5. The third-order valence-electron chi connectivity index (χ3n) is 3.88. The molecule has 1 unspecified atom stereocenters. The van der Waals surface area contributed by atoms with E-state index >= 15 is 0 Å². The highest BCUT2D eigenvalue weighted by Crippen LogP contribution is 2.36. The van der Waals surface area contributed by atoms with Gasteiger partial charge in [-0.05, 0) is 24.3 Å². The lowest BCUT2D eigenvalue weighted by atomic mass is 10.0. The van der Waals surface area contributed by atoms with Crippen molar-refractivity contribution in [3.63, 3.8) is 0 Å². The molecule has 0 saturated carbocycles. The second-order valence-electron chi connectivity index (χ2n) is 5.21. The van der Waals surface area contributed by atoms with Crippen LogP contribution in [-0.2, 0) is 6.42 Å². The molecule has 1 aromatic carbocycles. The van der Waals surface area contributed by atoms with Crippen LogP contribution in [0.5, 0.6) is 0 Å². The number of nitrogens with one attached hydrogen (secondary N) is 2. The molecule has 0 bridgehead atoms. The van der Waals surface area contributed by atoms with Crippen molar-refractivity contribution in [1.82, 2.24) is 15.3 Å². The van der Waals surface area contributed by atoms with Gasteiger partial charge in [0.05, 0.1) is 22.1 Å². The molecule has 1 atom stereocenters. The highest BCUT2D eigenvalue weighted by molar-refractivity contribution is 6.43. The molecule has 0 spiro atoms. The summed E-state index contributed by atoms with van der Waals surface area (Å²) >= 11 is 12.3. The Balaban J connectivity index is 1.73. The van der Waals surface area contributed by atoms with Gasteiger partial charge in [-0.3, -0.25) is 0 Å². The molecule has 0 saturated heterocycles. The first-order valence-electron chi connectivity index (χ1n) is 7.03. The summed E-state index contributed by atoms with van der Waals surface area (Å²) in [6.45, 7) is 0.883. The number of aromatic amines is 1. The molecule has 1 aliphatic rings. The van der Waals surface area contributed by atoms with Gasteiger partial charge in [0, 0.05) is 24.2 Å². The standard InChI is InChI=1S/C16H13Cl2N3O/c17-10-3-1-2-9(14(10)18)12-4-5-13(22-12)16-15-11(6-7-19-16)20-8-21-15/h1-5,8,16,19H,6-7H2,(H,20,21). The van der Waals surface area contributed by atoms with Crippen molar-refractivity contribution in [3.8, 4) is 11.3 Å². The molecule has 22 heavy (non-hydrogen) atoms. The number of benzene rings is 1. The summed E-state index contributed by atoms with van der Waals surface area (Å²) in [6.07, 6.45) is 2.67. The predicted molar refractivity (Wildman–Crippen MR) is 86.3 cm³/mol. The zero-order valence-electron chi connectivity index (χ0n) is 11.6. The van der Waals surface area contributed by atoms with E-state index in [0.29, 0.717) is 15.8 Å². The van der Waals surface area contributed by atoms with Gasteiger partial charge in [0.15, 0.2) is 0 Å². The zero-order valence-corrected chi connectivity index (χ0v) is 13.1. The fourth-order valence-corrected chi connectivity index (χ4v) is 3.19. The summed E-state index contributed by atoms with van der Waals surface area (Å²) in [7, 11) is 0. The lowest BCUT2D eigenvalue weighted by Gasteiger charge is -2.21. The highest BCUT2D eigenvalue weighted by Gasteiger charge is 2.26. The monoisotopic (exact) mass is 333 g/mol. The van der Waals surface area contributed by atoms with Crippen LogP contribution < -0.4 is 5.32 Å². The molecule has 0 fully saturated rings. The maximum absolute atomic E-state index is 6.26. The van der Waals surface area contributed by atoms with Crippen LogP contribution in [0.2, 0.25) is 10.0 Å². The summed E-state index contributed by atoms with van der Waals surface area (Å²) < 4.78 is 6.01. The van der Waals surface area contributed by atoms with E-state index in [-0.39, 0.29) is 6.04 Å². The molecule has 6 heteroatoms. The van der Waals surface area contributed by atoms with Crippen LogP contribution in [0.4, 0.5) is 0 Å². The molecular formula is C16H13Cl2N3O. The zero-order chi connectivity index (χ0) is 15.1. The number of halogens is 2. The van der Waals surface area contributed by atoms with E-state index in [0.717, 1.165) is 35.7 Å². The van der Waals surface area contributed by atoms with Crippen LogP contribution >= 0.6 is 23.2 Å². The minimum absolute atomic E-state index is 0.0401. The first kappa shape index (κ1) is 13.9. The van der Waals surface area contributed by atoms with E-state index in [1.165, 1.54) is 0 Å². The summed E-state index contributed by atoms with van der Waals surface area (Å²) in [5.74, 6) is 1.52. The minimum atomic E-state index is -0.0401. The Labute approximate surface area is 137 Å². The molecule has 112 valence electrons. The molecule has 2 N–H and O–H groups in total. The minimum Gasteiger partial charge on any atom is -0.459 e. The SMILES string of the molecule is Clc1cccc(-c2ccc(C3NCCc4[nH]cnc43)o2)c1Cl. The van der Waals surface area contributed by atoms with Crippen molar-refractivity contribution >= 4 is 23.2 Å². The third kappa shape index (κ3) is 2.24. The predicted octanol–water partition coefficient (Wildman–Crippen LogP) is 4.21. The lowest BCUT2D eigenvalue weighted by Crippen LogP contribution is -2.30. The number of rotatable bonds is 2. The number of furan rings is 1. The van der Waals surface area contributed by atoms with Gasteiger partial charge in [-0.25, -0.2) is 4.98 Å². The van der Waals surface area contributed by atoms with Gasteiger partial charge in [0.2, 0.25) is 0 Å². The second-order valence-corrected chi connectivity index (χ2v) is 5.99. The van der Waals surface area contributed by atoms with Crippen LogP contribution in [0.25, 0.3) is 11.3 Å². The number of fused-ring (bicyclic) bond motifs is 1. The number of hydrogen-bond donors (Lipinski definition) is 2. The van der Waals surface area contributed by atoms with Crippen LogP contribution in [-0.4, -0.2) is 16.5 Å². The molecule has 0 amide bonds. The van der Waals surface area contributed by atoms with Gasteiger partial charge in [0.25, 0.3) is 0 Å². The summed E-state index contributed by atoms with van der Waals surface area (Å²) in [6, 6.07) is 9.34. The van der Waals surface area contributed by atoms with Crippen molar-refractivity contribution in [2.45, 2.75) is 12.5 Å². The molecule has 0 radical (unpaired) electrons. The van der Waals surface area contributed by atoms with Gasteiger partial charge >= 0.3 is 0 Å². The Kier molecular flexibility index (Phi) is 3.45. The topological polar surface area (TPSA) is 53.9 Å². The summed E-state index contributed by atoms with van der Waals surface area (Å²) in [5.41, 5.74) is 2.94. The number of H-pyrrole nitrogens is 1. The quantitative estimate of drug-likeness (QED) is 0.738. The van der Waals surface area contributed by atoms with Crippen LogP contribution in [0.1, 0.15) is 23.2 Å². The fraction of sp³-hybridized carbons (Fsp3) is 0.188. The van der Waals surface area contributed by atoms with Crippen molar-refractivity contribution in [2.24, 2.45) is 0 Å². The van der Waals surface area contributed by atoms with E-state index in [4.69, 9.17) is 27.6 Å². The van der Waals surface area contributed by atoms with Crippen molar-refractivity contribution in [3.05, 3.63) is 63.9 Å². The average Bonchev–Trinajstić information content (AvgIpc) is 3.18. The molecule has 2 aromatic heterocycles. The Hall–Kier alpha value is -1.75. The Morgan fingerprint density at radius 3 is 3.00 bits per heavy atom. The molecule has 3 heterocycles. The summed E-state index contributed by atoms with van der Waals surface area (Å²) in [5, 5.41) is 4.45. The van der Waals surface area contributed by atoms with Crippen molar-refractivity contribution in [2.75, 3.05) is 6.54 Å². The smallest absolute Gasteiger partial charge is 0.135 e. The van der Waals surface area contributed by atoms with Crippen LogP contribution in [0.15, 0.2) is 41.1 Å². The Bertz CT molecular complexity index is 824. The molecule has 4 rings (SSSR count). The van der Waals surface area contributed by atoms with Gasteiger partial charge < -0.3 is 14.7 Å². The van der Waals surface area contributed by atoms with Gasteiger partial charge in [-0.1, -0.05) is 29.3 Å². The highest BCUT2D eigenvalue weighted by atomic mass is 35.5. The second kappa shape index (κ2) is 5.47. The Morgan fingerprint density at radius 2 is 2.09 bits per heavy atom. The molecule has 1 aliphatic heterocycles. The molecule has 4 nitrogen and oxygen atoms in total. The summed E-state index contributed by atoms with van der Waals surface area (Å²) in [4.78, 5) is 7.58. The fourth-order valence-electron chi connectivity index (χ4n) is 2.80. The van der Waals surface area contributed by atoms with Crippen molar-refractivity contribution in [1.29, 1.82) is 0 Å². The first-order valence-corrected chi connectivity index (χ1v) is 7.79. The van der Waals surface area contributed by atoms with E-state index in [9.17, 15) is 0 Å². The van der Waals surface area contributed by atoms with E-state index in [1.54, 1.807) is 12.4 Å². The largest absolute Gasteiger partial charge is 0.459 e. The average molecular weight is 334 g/mol. The number of nitrogens with zero attached hydrogens (tertiary/aromatic N) is 1. The third-order valence-corrected chi connectivity index (χ3v) is 4.70. The maximum atomic E-state index is 6.26. The van der Waals surface area contributed by atoms with E-state index in [1.807, 2.05) is 24.3 Å². The Morgan fingerprint density at radius 1 is 1.18 bits per heavy atom. The number of hydrogen-bond acceptors (Lipinski definition) is 3. The van der Waals surface area contributed by atoms with E-state index < -0.39 is 0 Å². The van der Waals surface area contributed by atoms with Gasteiger partial charge in [-0.2, -0.15) is 0 Å². The van der Waals surface area contributed by atoms with Gasteiger partial charge in [0.1, 0.15) is 17.6 Å². The number of imidazole rings is 1. The lowest BCUT2D eigenvalue weighted by molar-refractivity contribution is 0.437. The van der Waals surface area contributed by atoms with Crippen LogP contribution in [0, 0.1) is 0 Å². The molecule has 3 aromatic rings. The van der Waals surface area contributed by atoms with Crippen molar-refractivity contribution < 1.29 is 4.42 Å². The number of aromatic nitrogens is 2. The first-order chi connectivity index (χ1) is 10.7. The van der Waals surface area contributed by atoms with Gasteiger partial charge in [-0.15, -0.1) is 0 Å². The molecule has 0 aliphatic carbocycles. The van der Waals surface area contributed by atoms with Crippen LogP contribution in [0.3, 0.4) is 0 Å².